The van der Waals surface area contributed by atoms with Crippen molar-refractivity contribution in [1.29, 1.82) is 0 Å². The zero-order chi connectivity index (χ0) is 30.0. The third-order valence-electron chi connectivity index (χ3n) is 7.59. The van der Waals surface area contributed by atoms with Crippen LogP contribution in [0.25, 0.3) is 0 Å². The number of aliphatic hydroxyl groups is 1. The van der Waals surface area contributed by atoms with Gasteiger partial charge in [0.1, 0.15) is 33.5 Å². The van der Waals surface area contributed by atoms with Gasteiger partial charge in [-0.05, 0) is 44.2 Å². The van der Waals surface area contributed by atoms with Gasteiger partial charge in [0.15, 0.2) is 0 Å². The molecule has 42 heavy (non-hydrogen) atoms. The van der Waals surface area contributed by atoms with Gasteiger partial charge in [-0.15, -0.1) is 11.3 Å². The number of rotatable bonds is 7. The molecule has 0 aromatic carbocycles. The standard InChI is InChI=1S/C27H31F3N8O3S/c1-15-9-31-22(7-19(15)27(28,29)30)36-25(41)21-10-32-26(42-21)16(2)35-24(40)20-8-23(34-14-33-20)38-6-5-37-11-17(13-39)3-4-18(37)12-38/h7-10,14,16-18,39H,3-6,11-13H2,1-2H3,(H,35,40)(H,31,36,41). The molecule has 3 aromatic rings. The number of carbonyl (C=O) groups is 2. The zero-order valence-corrected chi connectivity index (χ0v) is 23.9. The highest BCUT2D eigenvalue weighted by Gasteiger charge is 2.34. The van der Waals surface area contributed by atoms with Crippen LogP contribution in [0.15, 0.2) is 30.9 Å². The minimum atomic E-state index is -4.57. The number of hydrogen-bond acceptors (Lipinski definition) is 10. The molecule has 3 aromatic heterocycles. The Labute approximate surface area is 244 Å². The number of pyridine rings is 1. The van der Waals surface area contributed by atoms with Crippen LogP contribution in [-0.4, -0.2) is 80.6 Å². The summed E-state index contributed by atoms with van der Waals surface area (Å²) in [6.45, 7) is 6.50. The summed E-state index contributed by atoms with van der Waals surface area (Å²) in [5.41, 5.74) is -0.738. The van der Waals surface area contributed by atoms with E-state index in [1.807, 2.05) is 0 Å². The summed E-state index contributed by atoms with van der Waals surface area (Å²) in [6.07, 6.45) is 1.13. The summed E-state index contributed by atoms with van der Waals surface area (Å²) in [7, 11) is 0. The highest BCUT2D eigenvalue weighted by molar-refractivity contribution is 7.13. The van der Waals surface area contributed by atoms with Crippen LogP contribution in [0.5, 0.6) is 0 Å². The number of amides is 2. The Kier molecular flexibility index (Phi) is 8.70. The van der Waals surface area contributed by atoms with Gasteiger partial charge in [0.05, 0.1) is 17.8 Å². The van der Waals surface area contributed by atoms with Crippen molar-refractivity contribution in [2.24, 2.45) is 5.92 Å². The molecule has 0 aliphatic carbocycles. The van der Waals surface area contributed by atoms with Crippen LogP contribution < -0.4 is 15.5 Å². The first-order valence-electron chi connectivity index (χ1n) is 13.6. The molecule has 15 heteroatoms. The maximum atomic E-state index is 13.2. The molecule has 2 aliphatic rings. The predicted octanol–water partition coefficient (Wildman–Crippen LogP) is 3.29. The molecule has 3 unspecified atom stereocenters. The number of anilines is 2. The molecule has 0 spiro atoms. The molecule has 3 N–H and O–H groups in total. The van der Waals surface area contributed by atoms with Crippen LogP contribution in [0.3, 0.4) is 0 Å². The molecule has 11 nitrogen and oxygen atoms in total. The second kappa shape index (κ2) is 12.3. The van der Waals surface area contributed by atoms with E-state index in [0.29, 0.717) is 22.8 Å². The minimum Gasteiger partial charge on any atom is -0.396 e. The third-order valence-corrected chi connectivity index (χ3v) is 8.77. The number of carbonyl (C=O) groups excluding carboxylic acids is 2. The molecule has 0 bridgehead atoms. The molecule has 2 amide bonds. The Morgan fingerprint density at radius 2 is 1.90 bits per heavy atom. The molecule has 0 saturated carbocycles. The maximum absolute atomic E-state index is 13.2. The van der Waals surface area contributed by atoms with Crippen molar-refractivity contribution in [1.82, 2.24) is 30.2 Å². The first-order valence-corrected chi connectivity index (χ1v) is 14.4. The Bertz CT molecular complexity index is 1450. The van der Waals surface area contributed by atoms with Crippen molar-refractivity contribution in [2.75, 3.05) is 43.0 Å². The van der Waals surface area contributed by atoms with Gasteiger partial charge in [0, 0.05) is 51.1 Å². The number of piperidine rings is 1. The minimum absolute atomic E-state index is 0.0512. The molecule has 2 saturated heterocycles. The lowest BCUT2D eigenvalue weighted by Gasteiger charge is -2.46. The van der Waals surface area contributed by atoms with Crippen LogP contribution in [0, 0.1) is 12.8 Å². The summed E-state index contributed by atoms with van der Waals surface area (Å²) in [5, 5.41) is 15.1. The van der Waals surface area contributed by atoms with Crippen molar-refractivity contribution in [2.45, 2.75) is 44.9 Å². The molecular formula is C27H31F3N8O3S. The number of nitrogens with one attached hydrogen (secondary N) is 2. The number of aromatic nitrogens is 4. The van der Waals surface area contributed by atoms with Gasteiger partial charge in [0.25, 0.3) is 11.8 Å². The van der Waals surface area contributed by atoms with Gasteiger partial charge in [-0.1, -0.05) is 0 Å². The fourth-order valence-electron chi connectivity index (χ4n) is 5.26. The Morgan fingerprint density at radius 3 is 2.67 bits per heavy atom. The van der Waals surface area contributed by atoms with E-state index in [1.54, 1.807) is 13.0 Å². The number of aryl methyl sites for hydroxylation is 1. The van der Waals surface area contributed by atoms with E-state index in [-0.39, 0.29) is 28.6 Å². The summed E-state index contributed by atoms with van der Waals surface area (Å²) < 4.78 is 39.6. The molecule has 5 rings (SSSR count). The smallest absolute Gasteiger partial charge is 0.396 e. The topological polar surface area (TPSA) is 136 Å². The van der Waals surface area contributed by atoms with Crippen LogP contribution in [0.2, 0.25) is 0 Å². The van der Waals surface area contributed by atoms with E-state index in [2.05, 4.69) is 40.4 Å². The third kappa shape index (κ3) is 6.68. The zero-order valence-electron chi connectivity index (χ0n) is 23.1. The summed E-state index contributed by atoms with van der Waals surface area (Å²) in [4.78, 5) is 47.0. The van der Waals surface area contributed by atoms with Crippen molar-refractivity contribution < 1.29 is 27.9 Å². The molecular weight excluding hydrogens is 573 g/mol. The fourth-order valence-corrected chi connectivity index (χ4v) is 6.08. The molecule has 224 valence electrons. The number of fused-ring (bicyclic) bond motifs is 1. The van der Waals surface area contributed by atoms with Crippen LogP contribution >= 0.6 is 11.3 Å². The highest BCUT2D eigenvalue weighted by atomic mass is 32.1. The Morgan fingerprint density at radius 1 is 1.10 bits per heavy atom. The van der Waals surface area contributed by atoms with E-state index in [9.17, 15) is 27.9 Å². The molecule has 2 fully saturated rings. The van der Waals surface area contributed by atoms with E-state index in [1.165, 1.54) is 19.4 Å². The quantitative estimate of drug-likeness (QED) is 0.371. The lowest BCUT2D eigenvalue weighted by Crippen LogP contribution is -2.57. The first kappa shape index (κ1) is 29.8. The number of thiazole rings is 1. The van der Waals surface area contributed by atoms with Crippen molar-refractivity contribution in [3.8, 4) is 0 Å². The number of aliphatic hydroxyl groups excluding tert-OH is 1. The maximum Gasteiger partial charge on any atom is 0.416 e. The molecule has 3 atom stereocenters. The summed E-state index contributed by atoms with van der Waals surface area (Å²) >= 11 is 1.01. The average molecular weight is 605 g/mol. The monoisotopic (exact) mass is 604 g/mol. The van der Waals surface area contributed by atoms with Crippen LogP contribution in [0.4, 0.5) is 24.8 Å². The van der Waals surface area contributed by atoms with Gasteiger partial charge >= 0.3 is 6.18 Å². The molecule has 2 aliphatic heterocycles. The number of nitrogens with zero attached hydrogens (tertiary/aromatic N) is 6. The fraction of sp³-hybridized carbons (Fsp3) is 0.481. The van der Waals surface area contributed by atoms with Crippen LogP contribution in [-0.2, 0) is 6.18 Å². The van der Waals surface area contributed by atoms with Crippen LogP contribution in [0.1, 0.15) is 62.1 Å². The van der Waals surface area contributed by atoms with Crippen molar-refractivity contribution in [3.63, 3.8) is 0 Å². The highest BCUT2D eigenvalue weighted by Crippen LogP contribution is 2.33. The largest absolute Gasteiger partial charge is 0.416 e. The Balaban J connectivity index is 1.19. The van der Waals surface area contributed by atoms with E-state index in [4.69, 9.17) is 0 Å². The first-order chi connectivity index (χ1) is 20.0. The number of alkyl halides is 3. The SMILES string of the molecule is Cc1cnc(NC(=O)c2cnc(C(C)NC(=O)c3cc(N4CCN5CC(CO)CCC5C4)ncn3)s2)cc1C(F)(F)F. The molecule has 5 heterocycles. The van der Waals surface area contributed by atoms with Gasteiger partial charge in [0.2, 0.25) is 0 Å². The predicted molar refractivity (Wildman–Crippen MR) is 149 cm³/mol. The summed E-state index contributed by atoms with van der Waals surface area (Å²) in [6, 6.07) is 2.25. The van der Waals surface area contributed by atoms with Gasteiger partial charge in [-0.25, -0.2) is 19.9 Å². The van der Waals surface area contributed by atoms with Crippen molar-refractivity contribution in [3.05, 3.63) is 57.6 Å². The average Bonchev–Trinajstić information content (AvgIpc) is 3.48. The van der Waals surface area contributed by atoms with E-state index >= 15 is 0 Å². The van der Waals surface area contributed by atoms with Gasteiger partial charge in [-0.3, -0.25) is 14.5 Å². The number of hydrogen-bond donors (Lipinski definition) is 3. The van der Waals surface area contributed by atoms with Gasteiger partial charge < -0.3 is 20.6 Å². The lowest BCUT2D eigenvalue weighted by molar-refractivity contribution is -0.138. The Hall–Kier alpha value is -3.69. The van der Waals surface area contributed by atoms with Gasteiger partial charge in [-0.2, -0.15) is 13.2 Å². The summed E-state index contributed by atoms with van der Waals surface area (Å²) in [5.74, 6) is -0.333. The number of halogens is 3. The normalized spacial score (nSPS) is 20.1. The lowest BCUT2D eigenvalue weighted by atomic mass is 9.91. The second-order valence-electron chi connectivity index (χ2n) is 10.6. The van der Waals surface area contributed by atoms with Crippen molar-refractivity contribution >= 4 is 34.8 Å². The number of piperazine rings is 1. The second-order valence-corrected chi connectivity index (χ2v) is 11.6. The van der Waals surface area contributed by atoms with E-state index in [0.717, 1.165) is 62.6 Å². The van der Waals surface area contributed by atoms with E-state index < -0.39 is 29.6 Å². The molecule has 0 radical (unpaired) electrons.